The molecule has 0 aromatic heterocycles. The van der Waals surface area contributed by atoms with Crippen LogP contribution in [0.5, 0.6) is 0 Å². The summed E-state index contributed by atoms with van der Waals surface area (Å²) in [6.07, 6.45) is 0.741. The minimum atomic E-state index is -1.09. The first-order valence-electron chi connectivity index (χ1n) is 6.31. The van der Waals surface area contributed by atoms with E-state index in [9.17, 15) is 14.4 Å². The smallest absolute Gasteiger partial charge is 0.335 e. The maximum atomic E-state index is 12.0. The fraction of sp³-hybridized carbons (Fsp3) is 0.357. The molecule has 0 spiro atoms. The summed E-state index contributed by atoms with van der Waals surface area (Å²) in [6, 6.07) is 5.93. The number of nitrogens with zero attached hydrogens (tertiary/aromatic N) is 1. The molecule has 6 heteroatoms. The Balaban J connectivity index is 3.02. The summed E-state index contributed by atoms with van der Waals surface area (Å²) in [5, 5.41) is 17.7. The van der Waals surface area contributed by atoms with E-state index < -0.39 is 11.9 Å². The lowest BCUT2D eigenvalue weighted by Gasteiger charge is -2.22. The van der Waals surface area contributed by atoms with E-state index in [-0.39, 0.29) is 30.9 Å². The molecular weight excluding hydrogens is 262 g/mol. The Bertz CT molecular complexity index is 512. The number of benzene rings is 1. The molecule has 0 aliphatic rings. The number of aromatic carboxylic acids is 1. The molecule has 0 saturated heterocycles. The summed E-state index contributed by atoms with van der Waals surface area (Å²) in [5.74, 6) is -2.31. The van der Waals surface area contributed by atoms with Crippen molar-refractivity contribution in [3.63, 3.8) is 0 Å². The number of anilines is 1. The van der Waals surface area contributed by atoms with Gasteiger partial charge in [0.05, 0.1) is 12.0 Å². The van der Waals surface area contributed by atoms with Crippen LogP contribution in [0.1, 0.15) is 36.5 Å². The number of carbonyl (C=O) groups is 3. The molecule has 1 amide bonds. The van der Waals surface area contributed by atoms with Crippen molar-refractivity contribution in [2.75, 3.05) is 11.4 Å². The summed E-state index contributed by atoms with van der Waals surface area (Å²) >= 11 is 0. The standard InChI is InChI=1S/C14H17NO5/c1-2-4-12(16)15(8-7-13(17)18)11-6-3-5-10(9-11)14(19)20/h3,5-6,9H,2,4,7-8H2,1H3,(H,17,18)(H,19,20). The van der Waals surface area contributed by atoms with Crippen molar-refractivity contribution in [2.24, 2.45) is 0 Å². The van der Waals surface area contributed by atoms with Crippen LogP contribution in [0.2, 0.25) is 0 Å². The summed E-state index contributed by atoms with van der Waals surface area (Å²) in [5.41, 5.74) is 0.469. The van der Waals surface area contributed by atoms with E-state index in [4.69, 9.17) is 10.2 Å². The van der Waals surface area contributed by atoms with E-state index in [0.717, 1.165) is 0 Å². The molecule has 0 bridgehead atoms. The predicted octanol–water partition coefficient (Wildman–Crippen LogP) is 1.99. The third-order valence-electron chi connectivity index (χ3n) is 2.72. The Hall–Kier alpha value is -2.37. The maximum absolute atomic E-state index is 12.0. The number of amides is 1. The molecule has 108 valence electrons. The zero-order valence-corrected chi connectivity index (χ0v) is 11.2. The molecule has 2 N–H and O–H groups in total. The molecule has 0 radical (unpaired) electrons. The van der Waals surface area contributed by atoms with Crippen LogP contribution in [0.4, 0.5) is 5.69 Å². The number of rotatable bonds is 7. The van der Waals surface area contributed by atoms with Gasteiger partial charge in [0.2, 0.25) is 5.91 Å². The molecule has 0 aliphatic carbocycles. The minimum absolute atomic E-state index is 0.0250. The molecule has 6 nitrogen and oxygen atoms in total. The number of carbonyl (C=O) groups excluding carboxylic acids is 1. The van der Waals surface area contributed by atoms with Crippen molar-refractivity contribution in [3.8, 4) is 0 Å². The van der Waals surface area contributed by atoms with Crippen molar-refractivity contribution in [2.45, 2.75) is 26.2 Å². The monoisotopic (exact) mass is 279 g/mol. The summed E-state index contributed by atoms with van der Waals surface area (Å²) < 4.78 is 0. The highest BCUT2D eigenvalue weighted by atomic mass is 16.4. The van der Waals surface area contributed by atoms with Gasteiger partial charge in [0.25, 0.3) is 0 Å². The summed E-state index contributed by atoms with van der Waals surface area (Å²) in [7, 11) is 0. The fourth-order valence-electron chi connectivity index (χ4n) is 1.76. The summed E-state index contributed by atoms with van der Waals surface area (Å²) in [6.45, 7) is 1.87. The number of carboxylic acid groups (broad SMARTS) is 2. The van der Waals surface area contributed by atoms with Gasteiger partial charge in [-0.05, 0) is 24.6 Å². The highest BCUT2D eigenvalue weighted by Crippen LogP contribution is 2.18. The van der Waals surface area contributed by atoms with Crippen LogP contribution in [0, 0.1) is 0 Å². The first-order valence-corrected chi connectivity index (χ1v) is 6.31. The van der Waals surface area contributed by atoms with Crippen LogP contribution in [-0.2, 0) is 9.59 Å². The van der Waals surface area contributed by atoms with Crippen LogP contribution in [-0.4, -0.2) is 34.6 Å². The highest BCUT2D eigenvalue weighted by Gasteiger charge is 2.17. The van der Waals surface area contributed by atoms with Gasteiger partial charge in [0, 0.05) is 18.7 Å². The van der Waals surface area contributed by atoms with Gasteiger partial charge in [-0.3, -0.25) is 9.59 Å². The van der Waals surface area contributed by atoms with Gasteiger partial charge in [-0.2, -0.15) is 0 Å². The lowest BCUT2D eigenvalue weighted by atomic mass is 10.1. The van der Waals surface area contributed by atoms with Crippen molar-refractivity contribution in [3.05, 3.63) is 29.8 Å². The van der Waals surface area contributed by atoms with Crippen molar-refractivity contribution in [1.29, 1.82) is 0 Å². The Morgan fingerprint density at radius 2 is 1.85 bits per heavy atom. The molecule has 1 aromatic rings. The molecule has 0 unspecified atom stereocenters. The van der Waals surface area contributed by atoms with E-state index in [0.29, 0.717) is 12.1 Å². The van der Waals surface area contributed by atoms with Gasteiger partial charge >= 0.3 is 11.9 Å². The molecule has 20 heavy (non-hydrogen) atoms. The topological polar surface area (TPSA) is 94.9 Å². The third-order valence-corrected chi connectivity index (χ3v) is 2.72. The van der Waals surface area contributed by atoms with Crippen LogP contribution >= 0.6 is 0 Å². The first-order chi connectivity index (χ1) is 9.45. The maximum Gasteiger partial charge on any atom is 0.335 e. The Labute approximate surface area is 116 Å². The molecule has 1 rings (SSSR count). The van der Waals surface area contributed by atoms with Crippen LogP contribution < -0.4 is 4.90 Å². The summed E-state index contributed by atoms with van der Waals surface area (Å²) in [4.78, 5) is 34.9. The molecular formula is C14H17NO5. The second-order valence-electron chi connectivity index (χ2n) is 4.29. The highest BCUT2D eigenvalue weighted by molar-refractivity contribution is 5.96. The minimum Gasteiger partial charge on any atom is -0.481 e. The van der Waals surface area contributed by atoms with Gasteiger partial charge in [0.15, 0.2) is 0 Å². The molecule has 0 atom stereocenters. The number of hydrogen-bond acceptors (Lipinski definition) is 3. The van der Waals surface area contributed by atoms with Crippen molar-refractivity contribution in [1.82, 2.24) is 0 Å². The van der Waals surface area contributed by atoms with Gasteiger partial charge in [-0.25, -0.2) is 4.79 Å². The lowest BCUT2D eigenvalue weighted by Crippen LogP contribution is -2.32. The Morgan fingerprint density at radius 1 is 1.15 bits per heavy atom. The van der Waals surface area contributed by atoms with E-state index in [1.165, 1.54) is 23.1 Å². The molecule has 0 saturated carbocycles. The zero-order valence-electron chi connectivity index (χ0n) is 11.2. The zero-order chi connectivity index (χ0) is 15.1. The third kappa shape index (κ3) is 4.38. The normalized spacial score (nSPS) is 10.1. The van der Waals surface area contributed by atoms with E-state index in [2.05, 4.69) is 0 Å². The molecule has 0 heterocycles. The second kappa shape index (κ2) is 7.28. The van der Waals surface area contributed by atoms with Gasteiger partial charge in [0.1, 0.15) is 0 Å². The Morgan fingerprint density at radius 3 is 2.40 bits per heavy atom. The van der Waals surface area contributed by atoms with E-state index in [1.807, 2.05) is 6.92 Å². The van der Waals surface area contributed by atoms with Crippen LogP contribution in [0.3, 0.4) is 0 Å². The van der Waals surface area contributed by atoms with E-state index >= 15 is 0 Å². The number of aliphatic carboxylic acids is 1. The van der Waals surface area contributed by atoms with E-state index in [1.54, 1.807) is 6.07 Å². The van der Waals surface area contributed by atoms with Gasteiger partial charge < -0.3 is 15.1 Å². The van der Waals surface area contributed by atoms with Gasteiger partial charge in [-0.15, -0.1) is 0 Å². The van der Waals surface area contributed by atoms with Crippen molar-refractivity contribution < 1.29 is 24.6 Å². The molecule has 1 aromatic carbocycles. The number of hydrogen-bond donors (Lipinski definition) is 2. The average Bonchev–Trinajstić information content (AvgIpc) is 2.39. The quantitative estimate of drug-likeness (QED) is 0.795. The molecule has 0 aliphatic heterocycles. The van der Waals surface area contributed by atoms with Crippen LogP contribution in [0.15, 0.2) is 24.3 Å². The lowest BCUT2D eigenvalue weighted by molar-refractivity contribution is -0.136. The second-order valence-corrected chi connectivity index (χ2v) is 4.29. The van der Waals surface area contributed by atoms with Crippen molar-refractivity contribution >= 4 is 23.5 Å². The Kier molecular flexibility index (Phi) is 5.71. The number of carboxylic acids is 2. The SMILES string of the molecule is CCCC(=O)N(CCC(=O)O)c1cccc(C(=O)O)c1. The van der Waals surface area contributed by atoms with Crippen LogP contribution in [0.25, 0.3) is 0 Å². The predicted molar refractivity (Wildman–Crippen MR) is 72.9 cm³/mol. The fourth-order valence-corrected chi connectivity index (χ4v) is 1.76. The average molecular weight is 279 g/mol. The largest absolute Gasteiger partial charge is 0.481 e. The first kappa shape index (κ1) is 15.7. The molecule has 0 fully saturated rings. The van der Waals surface area contributed by atoms with Gasteiger partial charge in [-0.1, -0.05) is 13.0 Å².